The number of carbonyl (C=O) groups excluding carboxylic acids is 1. The Hall–Kier alpha value is -1.86. The number of halogens is 1. The van der Waals surface area contributed by atoms with Crippen LogP contribution in [0.25, 0.3) is 0 Å². The molecule has 20 heavy (non-hydrogen) atoms. The number of benzene rings is 1. The zero-order valence-electron chi connectivity index (χ0n) is 10.2. The van der Waals surface area contributed by atoms with Gasteiger partial charge in [-0.3, -0.25) is 0 Å². The van der Waals surface area contributed by atoms with Crippen LogP contribution in [-0.4, -0.2) is 17.1 Å². The summed E-state index contributed by atoms with van der Waals surface area (Å²) in [4.78, 5) is 22.9. The lowest BCUT2D eigenvalue weighted by Gasteiger charge is -2.11. The summed E-state index contributed by atoms with van der Waals surface area (Å²) < 4.78 is 0.517. The van der Waals surface area contributed by atoms with Crippen LogP contribution in [-0.2, 0) is 6.54 Å². The molecule has 1 aromatic heterocycles. The van der Waals surface area contributed by atoms with Crippen molar-refractivity contribution >= 4 is 45.0 Å². The monoisotopic (exact) mass is 354 g/mol. The maximum atomic E-state index is 11.8. The predicted octanol–water partition coefficient (Wildman–Crippen LogP) is 3.53. The SMILES string of the molecule is O=C(NCc1ccsc1)Nc1c(Br)cccc1C(=O)O. The summed E-state index contributed by atoms with van der Waals surface area (Å²) in [7, 11) is 0. The van der Waals surface area contributed by atoms with Crippen LogP contribution in [0.5, 0.6) is 0 Å². The second kappa shape index (κ2) is 6.53. The molecule has 104 valence electrons. The van der Waals surface area contributed by atoms with E-state index in [0.717, 1.165) is 5.56 Å². The second-order valence-electron chi connectivity index (χ2n) is 3.91. The molecule has 0 aliphatic rings. The Labute approximate surface area is 127 Å². The molecule has 3 N–H and O–H groups in total. The van der Waals surface area contributed by atoms with E-state index in [-0.39, 0.29) is 11.3 Å². The molecule has 0 spiro atoms. The van der Waals surface area contributed by atoms with Crippen LogP contribution in [0.4, 0.5) is 10.5 Å². The molecule has 0 aliphatic heterocycles. The smallest absolute Gasteiger partial charge is 0.337 e. The van der Waals surface area contributed by atoms with Crippen molar-refractivity contribution in [2.75, 3.05) is 5.32 Å². The lowest BCUT2D eigenvalue weighted by atomic mass is 10.2. The van der Waals surface area contributed by atoms with Gasteiger partial charge in [0, 0.05) is 11.0 Å². The van der Waals surface area contributed by atoms with E-state index in [0.29, 0.717) is 11.0 Å². The number of amides is 2. The summed E-state index contributed by atoms with van der Waals surface area (Å²) in [6.07, 6.45) is 0. The standard InChI is InChI=1S/C13H11BrN2O3S/c14-10-3-1-2-9(12(17)18)11(10)16-13(19)15-6-8-4-5-20-7-8/h1-5,7H,6H2,(H,17,18)(H2,15,16,19). The molecule has 2 amide bonds. The van der Waals surface area contributed by atoms with Gasteiger partial charge in [-0.25, -0.2) is 9.59 Å². The normalized spacial score (nSPS) is 10.1. The van der Waals surface area contributed by atoms with Gasteiger partial charge in [-0.05, 0) is 50.5 Å². The first kappa shape index (κ1) is 14.5. The number of thiophene rings is 1. The Morgan fingerprint density at radius 2 is 2.10 bits per heavy atom. The van der Waals surface area contributed by atoms with E-state index in [1.165, 1.54) is 6.07 Å². The van der Waals surface area contributed by atoms with Crippen molar-refractivity contribution in [1.82, 2.24) is 5.32 Å². The summed E-state index contributed by atoms with van der Waals surface area (Å²) in [6.45, 7) is 0.391. The van der Waals surface area contributed by atoms with Crippen molar-refractivity contribution in [2.24, 2.45) is 0 Å². The molecule has 0 fully saturated rings. The van der Waals surface area contributed by atoms with Gasteiger partial charge in [-0.1, -0.05) is 6.07 Å². The Morgan fingerprint density at radius 3 is 2.75 bits per heavy atom. The second-order valence-corrected chi connectivity index (χ2v) is 5.54. The number of hydrogen-bond donors (Lipinski definition) is 3. The zero-order chi connectivity index (χ0) is 14.5. The molecule has 0 unspecified atom stereocenters. The molecule has 0 saturated carbocycles. The molecule has 0 saturated heterocycles. The molecule has 1 heterocycles. The molecule has 2 aromatic rings. The number of hydrogen-bond acceptors (Lipinski definition) is 3. The summed E-state index contributed by atoms with van der Waals surface area (Å²) in [6, 6.07) is 6.15. The van der Waals surface area contributed by atoms with Crippen molar-refractivity contribution in [3.63, 3.8) is 0 Å². The van der Waals surface area contributed by atoms with Crippen LogP contribution in [0.15, 0.2) is 39.5 Å². The van der Waals surface area contributed by atoms with Gasteiger partial charge >= 0.3 is 12.0 Å². The third kappa shape index (κ3) is 3.58. The van der Waals surface area contributed by atoms with Crippen LogP contribution in [0.3, 0.4) is 0 Å². The lowest BCUT2D eigenvalue weighted by molar-refractivity contribution is 0.0698. The van der Waals surface area contributed by atoms with Crippen molar-refractivity contribution in [1.29, 1.82) is 0 Å². The van der Waals surface area contributed by atoms with E-state index >= 15 is 0 Å². The van der Waals surface area contributed by atoms with Gasteiger partial charge in [0.15, 0.2) is 0 Å². The molecule has 1 aromatic carbocycles. The van der Waals surface area contributed by atoms with Gasteiger partial charge in [0.05, 0.1) is 11.3 Å². The highest BCUT2D eigenvalue weighted by molar-refractivity contribution is 9.10. The fourth-order valence-corrected chi connectivity index (χ4v) is 2.70. The Kier molecular flexibility index (Phi) is 4.75. The van der Waals surface area contributed by atoms with E-state index < -0.39 is 12.0 Å². The van der Waals surface area contributed by atoms with E-state index in [1.54, 1.807) is 23.5 Å². The van der Waals surface area contributed by atoms with E-state index in [2.05, 4.69) is 26.6 Å². The Morgan fingerprint density at radius 1 is 1.30 bits per heavy atom. The van der Waals surface area contributed by atoms with Crippen molar-refractivity contribution in [3.05, 3.63) is 50.6 Å². The average molecular weight is 355 g/mol. The maximum Gasteiger partial charge on any atom is 0.337 e. The summed E-state index contributed by atoms with van der Waals surface area (Å²) in [5, 5.41) is 18.2. The number of nitrogens with one attached hydrogen (secondary N) is 2. The van der Waals surface area contributed by atoms with Gasteiger partial charge in [-0.2, -0.15) is 11.3 Å². The first-order chi connectivity index (χ1) is 9.58. The highest BCUT2D eigenvalue weighted by Gasteiger charge is 2.14. The fraction of sp³-hybridized carbons (Fsp3) is 0.0769. The number of carbonyl (C=O) groups is 2. The van der Waals surface area contributed by atoms with Crippen molar-refractivity contribution in [3.8, 4) is 0 Å². The Bertz CT molecular complexity index is 629. The van der Waals surface area contributed by atoms with Crippen molar-refractivity contribution < 1.29 is 14.7 Å². The van der Waals surface area contributed by atoms with Crippen LogP contribution < -0.4 is 10.6 Å². The highest BCUT2D eigenvalue weighted by atomic mass is 79.9. The molecule has 5 nitrogen and oxygen atoms in total. The third-order valence-electron chi connectivity index (χ3n) is 2.52. The van der Waals surface area contributed by atoms with Crippen LogP contribution in [0.2, 0.25) is 0 Å². The molecule has 0 aliphatic carbocycles. The molecular weight excluding hydrogens is 344 g/mol. The minimum absolute atomic E-state index is 0.0325. The third-order valence-corrected chi connectivity index (χ3v) is 3.91. The first-order valence-corrected chi connectivity index (χ1v) is 7.39. The number of urea groups is 1. The largest absolute Gasteiger partial charge is 0.478 e. The number of rotatable bonds is 4. The highest BCUT2D eigenvalue weighted by Crippen LogP contribution is 2.26. The van der Waals surface area contributed by atoms with Crippen LogP contribution >= 0.6 is 27.3 Å². The topological polar surface area (TPSA) is 78.4 Å². The van der Waals surface area contributed by atoms with Crippen molar-refractivity contribution in [2.45, 2.75) is 6.54 Å². The summed E-state index contributed by atoms with van der Waals surface area (Å²) >= 11 is 4.78. The van der Waals surface area contributed by atoms with E-state index in [9.17, 15) is 9.59 Å². The maximum absolute atomic E-state index is 11.8. The molecular formula is C13H11BrN2O3S. The summed E-state index contributed by atoms with van der Waals surface area (Å²) in [5.41, 5.74) is 1.27. The first-order valence-electron chi connectivity index (χ1n) is 5.65. The molecule has 7 heteroatoms. The zero-order valence-corrected chi connectivity index (χ0v) is 12.6. The minimum atomic E-state index is -1.10. The molecule has 2 rings (SSSR count). The van der Waals surface area contributed by atoms with E-state index in [1.807, 2.05) is 16.8 Å². The minimum Gasteiger partial charge on any atom is -0.478 e. The van der Waals surface area contributed by atoms with Crippen LogP contribution in [0.1, 0.15) is 15.9 Å². The summed E-state index contributed by atoms with van der Waals surface area (Å²) in [5.74, 6) is -1.10. The van der Waals surface area contributed by atoms with Gasteiger partial charge in [0.1, 0.15) is 0 Å². The predicted molar refractivity (Wildman–Crippen MR) is 81.3 cm³/mol. The Balaban J connectivity index is 2.06. The number of anilines is 1. The number of para-hydroxylation sites is 1. The van der Waals surface area contributed by atoms with E-state index in [4.69, 9.17) is 5.11 Å². The molecule has 0 bridgehead atoms. The molecule has 0 radical (unpaired) electrons. The average Bonchev–Trinajstić information content (AvgIpc) is 2.91. The number of aromatic carboxylic acids is 1. The van der Waals surface area contributed by atoms with Gasteiger partial charge < -0.3 is 15.7 Å². The fourth-order valence-electron chi connectivity index (χ4n) is 1.56. The number of carboxylic acid groups (broad SMARTS) is 1. The van der Waals surface area contributed by atoms with Gasteiger partial charge in [0.2, 0.25) is 0 Å². The quantitative estimate of drug-likeness (QED) is 0.785. The molecule has 0 atom stereocenters. The van der Waals surface area contributed by atoms with Gasteiger partial charge in [-0.15, -0.1) is 0 Å². The van der Waals surface area contributed by atoms with Gasteiger partial charge in [0.25, 0.3) is 0 Å². The van der Waals surface area contributed by atoms with Crippen LogP contribution in [0, 0.1) is 0 Å². The lowest BCUT2D eigenvalue weighted by Crippen LogP contribution is -2.29. The number of carboxylic acids is 1.